The van der Waals surface area contributed by atoms with E-state index in [1.807, 2.05) is 51.7 Å². The smallest absolute Gasteiger partial charge is 0.204 e. The van der Waals surface area contributed by atoms with Crippen molar-refractivity contribution in [2.45, 2.75) is 6.67 Å². The van der Waals surface area contributed by atoms with E-state index in [-0.39, 0.29) is 0 Å². The fraction of sp³-hybridized carbons (Fsp3) is 0.250. The van der Waals surface area contributed by atoms with Crippen LogP contribution in [0.1, 0.15) is 5.56 Å². The van der Waals surface area contributed by atoms with Crippen LogP contribution in [0.5, 0.6) is 5.75 Å². The van der Waals surface area contributed by atoms with Crippen LogP contribution in [-0.4, -0.2) is 69.0 Å². The van der Waals surface area contributed by atoms with Gasteiger partial charge in [-0.15, -0.1) is 5.10 Å². The van der Waals surface area contributed by atoms with Gasteiger partial charge in [0.2, 0.25) is 4.77 Å². The number of benzene rings is 2. The van der Waals surface area contributed by atoms with Crippen molar-refractivity contribution in [3.05, 3.63) is 95.5 Å². The second-order valence-electron chi connectivity index (χ2n) is 8.75. The van der Waals surface area contributed by atoms with Gasteiger partial charge in [-0.1, -0.05) is 42.5 Å². The molecule has 0 atom stereocenters. The van der Waals surface area contributed by atoms with Crippen LogP contribution in [0, 0.1) is 4.77 Å². The Bertz CT molecular complexity index is 1340. The van der Waals surface area contributed by atoms with Gasteiger partial charge in [-0.3, -0.25) is 19.4 Å². The molecule has 1 aliphatic rings. The van der Waals surface area contributed by atoms with E-state index in [4.69, 9.17) is 22.1 Å². The number of piperazine rings is 1. The van der Waals surface area contributed by atoms with E-state index in [1.165, 1.54) is 5.56 Å². The highest BCUT2D eigenvalue weighted by molar-refractivity contribution is 7.71. The molecule has 0 N–H and O–H groups in total. The lowest BCUT2D eigenvalue weighted by Gasteiger charge is -2.33. The van der Waals surface area contributed by atoms with Crippen molar-refractivity contribution in [3.63, 3.8) is 0 Å². The van der Waals surface area contributed by atoms with Crippen molar-refractivity contribution < 1.29 is 4.74 Å². The highest BCUT2D eigenvalue weighted by atomic mass is 32.1. The number of nitrogens with zero attached hydrogens (tertiary/aromatic N) is 6. The number of rotatable bonds is 8. The molecule has 0 saturated carbocycles. The lowest BCUT2D eigenvalue weighted by atomic mass is 10.2. The molecule has 0 bridgehead atoms. The highest BCUT2D eigenvalue weighted by Gasteiger charge is 2.20. The van der Waals surface area contributed by atoms with Crippen LogP contribution < -0.4 is 4.74 Å². The highest BCUT2D eigenvalue weighted by Crippen LogP contribution is 2.24. The molecular weight excluding hydrogens is 468 g/mol. The molecule has 2 aromatic heterocycles. The third kappa shape index (κ3) is 5.62. The maximum atomic E-state index is 5.92. The molecule has 1 aliphatic heterocycles. The number of hydrogen-bond donors (Lipinski definition) is 0. The van der Waals surface area contributed by atoms with Gasteiger partial charge >= 0.3 is 0 Å². The van der Waals surface area contributed by atoms with E-state index in [0.29, 0.717) is 11.4 Å². The zero-order chi connectivity index (χ0) is 24.7. The minimum atomic E-state index is 0.660. The second kappa shape index (κ2) is 11.4. The van der Waals surface area contributed by atoms with Crippen LogP contribution in [0.25, 0.3) is 23.2 Å². The normalized spacial score (nSPS) is 14.9. The van der Waals surface area contributed by atoms with E-state index < -0.39 is 0 Å². The molecule has 8 heteroatoms. The molecule has 5 rings (SSSR count). The van der Waals surface area contributed by atoms with Crippen LogP contribution in [-0.2, 0) is 6.67 Å². The summed E-state index contributed by atoms with van der Waals surface area (Å²) in [5.74, 6) is 1.61. The third-order valence-electron chi connectivity index (χ3n) is 6.38. The fourth-order valence-electron chi connectivity index (χ4n) is 4.36. The number of hydrogen-bond acceptors (Lipinski definition) is 6. The minimum absolute atomic E-state index is 0.660. The predicted octanol–water partition coefficient (Wildman–Crippen LogP) is 4.76. The summed E-state index contributed by atoms with van der Waals surface area (Å²) in [6.45, 7) is 5.60. The Morgan fingerprint density at radius 1 is 0.889 bits per heavy atom. The maximum Gasteiger partial charge on any atom is 0.204 e. The Morgan fingerprint density at radius 3 is 2.28 bits per heavy atom. The Morgan fingerprint density at radius 2 is 1.58 bits per heavy atom. The van der Waals surface area contributed by atoms with Crippen LogP contribution >= 0.6 is 12.2 Å². The minimum Gasteiger partial charge on any atom is -0.497 e. The third-order valence-corrected chi connectivity index (χ3v) is 6.77. The molecule has 7 nitrogen and oxygen atoms in total. The van der Waals surface area contributed by atoms with Gasteiger partial charge < -0.3 is 4.74 Å². The molecule has 4 aromatic rings. The average molecular weight is 499 g/mol. The quantitative estimate of drug-likeness (QED) is 0.327. The molecule has 0 spiro atoms. The SMILES string of the molecule is COc1ccc(-n2c(-c3ccncc3)nn(CN3CCN(C/C=C/c4ccccc4)CC3)c2=S)cc1. The summed E-state index contributed by atoms with van der Waals surface area (Å²) in [6, 6.07) is 22.3. The van der Waals surface area contributed by atoms with Crippen molar-refractivity contribution >= 4 is 18.3 Å². The number of pyridine rings is 1. The van der Waals surface area contributed by atoms with Crippen LogP contribution in [0.15, 0.2) is 85.2 Å². The van der Waals surface area contributed by atoms with E-state index >= 15 is 0 Å². The first-order valence-electron chi connectivity index (χ1n) is 12.1. The Labute approximate surface area is 216 Å². The van der Waals surface area contributed by atoms with E-state index in [2.05, 4.69) is 51.2 Å². The van der Waals surface area contributed by atoms with Gasteiger partial charge in [0.15, 0.2) is 5.82 Å². The largest absolute Gasteiger partial charge is 0.497 e. The van der Waals surface area contributed by atoms with Gasteiger partial charge in [0.25, 0.3) is 0 Å². The lowest BCUT2D eigenvalue weighted by Crippen LogP contribution is -2.46. The molecule has 3 heterocycles. The van der Waals surface area contributed by atoms with E-state index in [0.717, 1.165) is 55.5 Å². The molecule has 1 fully saturated rings. The van der Waals surface area contributed by atoms with Crippen molar-refractivity contribution in [2.75, 3.05) is 39.8 Å². The van der Waals surface area contributed by atoms with Gasteiger partial charge in [0, 0.05) is 50.7 Å². The maximum absolute atomic E-state index is 5.92. The molecule has 184 valence electrons. The van der Waals surface area contributed by atoms with Crippen LogP contribution in [0.4, 0.5) is 0 Å². The average Bonchev–Trinajstić information content (AvgIpc) is 3.26. The van der Waals surface area contributed by atoms with Gasteiger partial charge in [-0.25, -0.2) is 4.68 Å². The second-order valence-corrected chi connectivity index (χ2v) is 9.11. The summed E-state index contributed by atoms with van der Waals surface area (Å²) in [5, 5.41) is 4.95. The van der Waals surface area contributed by atoms with Crippen molar-refractivity contribution in [3.8, 4) is 22.8 Å². The summed E-state index contributed by atoms with van der Waals surface area (Å²) < 4.78 is 9.95. The monoisotopic (exact) mass is 498 g/mol. The molecule has 0 amide bonds. The molecule has 0 radical (unpaired) electrons. The number of ether oxygens (including phenoxy) is 1. The topological polar surface area (TPSA) is 51.4 Å². The molecule has 0 unspecified atom stereocenters. The van der Waals surface area contributed by atoms with Gasteiger partial charge in [0.05, 0.1) is 19.5 Å². The molecule has 2 aromatic carbocycles. The Hall–Kier alpha value is -3.59. The summed E-state index contributed by atoms with van der Waals surface area (Å²) in [6.07, 6.45) is 8.00. The van der Waals surface area contributed by atoms with Crippen molar-refractivity contribution in [1.29, 1.82) is 0 Å². The summed E-state index contributed by atoms with van der Waals surface area (Å²) in [5.41, 5.74) is 3.16. The lowest BCUT2D eigenvalue weighted by molar-refractivity contribution is 0.110. The predicted molar refractivity (Wildman–Crippen MR) is 146 cm³/mol. The van der Waals surface area contributed by atoms with E-state index in [1.54, 1.807) is 19.5 Å². The molecule has 36 heavy (non-hydrogen) atoms. The summed E-state index contributed by atoms with van der Waals surface area (Å²) in [4.78, 5) is 9.05. The van der Waals surface area contributed by atoms with Gasteiger partial charge in [-0.05, 0) is 54.2 Å². The number of methoxy groups -OCH3 is 1. The van der Waals surface area contributed by atoms with Crippen molar-refractivity contribution in [1.82, 2.24) is 29.1 Å². The summed E-state index contributed by atoms with van der Waals surface area (Å²) in [7, 11) is 1.67. The van der Waals surface area contributed by atoms with Crippen LogP contribution in [0.3, 0.4) is 0 Å². The van der Waals surface area contributed by atoms with Crippen LogP contribution in [0.2, 0.25) is 0 Å². The Balaban J connectivity index is 1.29. The van der Waals surface area contributed by atoms with Gasteiger partial charge in [0.1, 0.15) is 5.75 Å². The zero-order valence-corrected chi connectivity index (χ0v) is 21.2. The molecular formula is C28H30N6OS. The fourth-order valence-corrected chi connectivity index (χ4v) is 4.65. The standard InChI is InChI=1S/C28H30N6OS/c1-35-26-11-9-25(10-12-26)34-27(24-13-15-29-16-14-24)30-33(28(34)36)22-32-20-18-31(19-21-32)17-5-8-23-6-3-2-4-7-23/h2-16H,17-22H2,1H3/b8-5+. The first kappa shape index (κ1) is 24.1. The zero-order valence-electron chi connectivity index (χ0n) is 20.4. The van der Waals surface area contributed by atoms with E-state index in [9.17, 15) is 0 Å². The number of aromatic nitrogens is 4. The van der Waals surface area contributed by atoms with Crippen molar-refractivity contribution in [2.24, 2.45) is 0 Å². The summed E-state index contributed by atoms with van der Waals surface area (Å²) >= 11 is 5.92. The molecule has 0 aliphatic carbocycles. The van der Waals surface area contributed by atoms with Gasteiger partial charge in [-0.2, -0.15) is 0 Å². The molecule has 1 saturated heterocycles. The Kier molecular flexibility index (Phi) is 7.66. The first-order chi connectivity index (χ1) is 17.7. The first-order valence-corrected chi connectivity index (χ1v) is 12.5.